The van der Waals surface area contributed by atoms with Crippen LogP contribution in [0.5, 0.6) is 5.75 Å². The molecule has 2 heterocycles. The number of hydrogen-bond acceptors (Lipinski definition) is 5. The fourth-order valence-corrected chi connectivity index (χ4v) is 3.33. The number of amides is 1. The van der Waals surface area contributed by atoms with Gasteiger partial charge in [0.05, 0.1) is 24.2 Å². The van der Waals surface area contributed by atoms with E-state index < -0.39 is 6.10 Å². The van der Waals surface area contributed by atoms with Gasteiger partial charge in [0.15, 0.2) is 0 Å². The number of ether oxygens (including phenoxy) is 1. The average Bonchev–Trinajstić information content (AvgIpc) is 3.35. The molecule has 0 fully saturated rings. The Morgan fingerprint density at radius 1 is 1.24 bits per heavy atom. The lowest BCUT2D eigenvalue weighted by Crippen LogP contribution is -2.29. The molecule has 1 aliphatic heterocycles. The molecule has 7 nitrogen and oxygen atoms in total. The number of aryl methyl sites for hydroxylation is 1. The molecule has 2 aromatic carbocycles. The lowest BCUT2D eigenvalue weighted by atomic mass is 10.0. The number of aromatic nitrogens is 2. The highest BCUT2D eigenvalue weighted by atomic mass is 35.5. The quantitative estimate of drug-likeness (QED) is 0.690. The number of carbonyl (C=O) groups excluding carboxylic acids is 1. The molecule has 0 radical (unpaired) electrons. The van der Waals surface area contributed by atoms with Crippen LogP contribution < -0.4 is 10.1 Å². The number of methoxy groups -OCH3 is 1. The van der Waals surface area contributed by atoms with Gasteiger partial charge in [-0.05, 0) is 37.3 Å². The molecule has 1 atom stereocenters. The maximum atomic E-state index is 12.8. The van der Waals surface area contributed by atoms with Crippen molar-refractivity contribution in [3.05, 3.63) is 70.9 Å². The topological polar surface area (TPSA) is 77.7 Å². The van der Waals surface area contributed by atoms with E-state index in [1.807, 2.05) is 49.4 Å². The summed E-state index contributed by atoms with van der Waals surface area (Å²) in [6.45, 7) is 1.86. The predicted molar refractivity (Wildman–Crippen MR) is 111 cm³/mol. The highest BCUT2D eigenvalue weighted by Gasteiger charge is 2.30. The lowest BCUT2D eigenvalue weighted by Gasteiger charge is -2.12. The summed E-state index contributed by atoms with van der Waals surface area (Å²) in [4.78, 5) is 18.1. The van der Waals surface area contributed by atoms with E-state index in [0.717, 1.165) is 22.7 Å². The van der Waals surface area contributed by atoms with E-state index in [0.29, 0.717) is 23.0 Å². The third kappa shape index (κ3) is 3.95. The predicted octanol–water partition coefficient (Wildman–Crippen LogP) is 3.97. The van der Waals surface area contributed by atoms with E-state index in [1.54, 1.807) is 23.9 Å². The molecule has 4 rings (SSSR count). The highest BCUT2D eigenvalue weighted by Crippen LogP contribution is 2.25. The Hall–Kier alpha value is -3.32. The van der Waals surface area contributed by atoms with Crippen LogP contribution in [0.25, 0.3) is 5.69 Å². The van der Waals surface area contributed by atoms with Gasteiger partial charge in [-0.25, -0.2) is 4.68 Å². The molecule has 1 unspecified atom stereocenters. The van der Waals surface area contributed by atoms with Crippen LogP contribution in [-0.4, -0.2) is 34.6 Å². The maximum Gasteiger partial charge on any atom is 0.269 e. The van der Waals surface area contributed by atoms with E-state index in [-0.39, 0.29) is 5.91 Å². The van der Waals surface area contributed by atoms with E-state index in [2.05, 4.69) is 15.6 Å². The Morgan fingerprint density at radius 3 is 2.72 bits per heavy atom. The van der Waals surface area contributed by atoms with Crippen molar-refractivity contribution in [1.82, 2.24) is 9.78 Å². The Labute approximate surface area is 172 Å². The number of anilines is 1. The molecule has 0 bridgehead atoms. The van der Waals surface area contributed by atoms with Gasteiger partial charge in [0.25, 0.3) is 5.91 Å². The van der Waals surface area contributed by atoms with Gasteiger partial charge < -0.3 is 14.9 Å². The monoisotopic (exact) mass is 410 g/mol. The summed E-state index contributed by atoms with van der Waals surface area (Å²) in [7, 11) is 1.61. The molecule has 1 aromatic heterocycles. The minimum Gasteiger partial charge on any atom is -0.497 e. The Bertz CT molecular complexity index is 1080. The molecule has 1 N–H and O–H groups in total. The number of hydrogen-bond donors (Lipinski definition) is 1. The van der Waals surface area contributed by atoms with Gasteiger partial charge in [-0.2, -0.15) is 5.10 Å². The van der Waals surface area contributed by atoms with Gasteiger partial charge in [-0.15, -0.1) is 0 Å². The SMILES string of the molecule is COc1ccc(-n2nc(C)cc2NC(=O)C2CC(c3ccccc3Cl)=NO2)cc1. The number of oxime groups is 1. The summed E-state index contributed by atoms with van der Waals surface area (Å²) in [5.74, 6) is 0.991. The molecular formula is C21H19ClN4O3. The molecule has 1 aliphatic rings. The summed E-state index contributed by atoms with van der Waals surface area (Å²) in [5, 5.41) is 12.0. The zero-order valence-corrected chi connectivity index (χ0v) is 16.7. The largest absolute Gasteiger partial charge is 0.497 e. The highest BCUT2D eigenvalue weighted by molar-refractivity contribution is 6.34. The zero-order valence-electron chi connectivity index (χ0n) is 15.9. The van der Waals surface area contributed by atoms with Gasteiger partial charge in [0, 0.05) is 23.1 Å². The van der Waals surface area contributed by atoms with E-state index in [4.69, 9.17) is 21.2 Å². The van der Waals surface area contributed by atoms with E-state index >= 15 is 0 Å². The Morgan fingerprint density at radius 2 is 2.00 bits per heavy atom. The van der Waals surface area contributed by atoms with Gasteiger partial charge in [0.2, 0.25) is 6.10 Å². The van der Waals surface area contributed by atoms with Crippen molar-refractivity contribution in [2.24, 2.45) is 5.16 Å². The van der Waals surface area contributed by atoms with Crippen molar-refractivity contribution in [2.75, 3.05) is 12.4 Å². The Balaban J connectivity index is 1.49. The summed E-state index contributed by atoms with van der Waals surface area (Å²) in [6, 6.07) is 16.5. The molecular weight excluding hydrogens is 392 g/mol. The number of rotatable bonds is 5. The summed E-state index contributed by atoms with van der Waals surface area (Å²) < 4.78 is 6.85. The molecule has 0 spiro atoms. The molecule has 8 heteroatoms. The van der Waals surface area contributed by atoms with Gasteiger partial charge in [-0.3, -0.25) is 4.79 Å². The first-order valence-electron chi connectivity index (χ1n) is 9.04. The van der Waals surface area contributed by atoms with Crippen molar-refractivity contribution in [2.45, 2.75) is 19.4 Å². The second-order valence-electron chi connectivity index (χ2n) is 6.59. The van der Waals surface area contributed by atoms with Gasteiger partial charge in [-0.1, -0.05) is 35.0 Å². The van der Waals surface area contributed by atoms with Crippen molar-refractivity contribution in [1.29, 1.82) is 0 Å². The molecule has 29 heavy (non-hydrogen) atoms. The second kappa shape index (κ2) is 7.97. The zero-order chi connectivity index (χ0) is 20.4. The number of nitrogens with one attached hydrogen (secondary N) is 1. The Kier molecular flexibility index (Phi) is 5.22. The van der Waals surface area contributed by atoms with Crippen LogP contribution in [0.3, 0.4) is 0 Å². The first kappa shape index (κ1) is 19.0. The average molecular weight is 411 g/mol. The van der Waals surface area contributed by atoms with Crippen LogP contribution in [0.2, 0.25) is 5.02 Å². The van der Waals surface area contributed by atoms with Crippen LogP contribution in [-0.2, 0) is 9.63 Å². The summed E-state index contributed by atoms with van der Waals surface area (Å²) in [6.07, 6.45) is -0.397. The number of carbonyl (C=O) groups is 1. The minimum atomic E-state index is -0.735. The van der Waals surface area contributed by atoms with Crippen LogP contribution in [0.15, 0.2) is 59.8 Å². The third-order valence-corrected chi connectivity index (χ3v) is 4.88. The number of halogens is 1. The van der Waals surface area contributed by atoms with Gasteiger partial charge >= 0.3 is 0 Å². The van der Waals surface area contributed by atoms with Gasteiger partial charge in [0.1, 0.15) is 11.6 Å². The van der Waals surface area contributed by atoms with E-state index in [9.17, 15) is 4.79 Å². The molecule has 3 aromatic rings. The van der Waals surface area contributed by atoms with E-state index in [1.165, 1.54) is 0 Å². The minimum absolute atomic E-state index is 0.300. The molecule has 0 aliphatic carbocycles. The van der Waals surface area contributed by atoms with Crippen molar-refractivity contribution in [3.63, 3.8) is 0 Å². The standard InChI is InChI=1S/C21H19ClN4O3/c1-13-11-20(26(24-13)14-7-9-15(28-2)10-8-14)23-21(27)19-12-18(25-29-19)16-5-3-4-6-17(16)22/h3-11,19H,12H2,1-2H3,(H,23,27). The van der Waals surface area contributed by atoms with Crippen LogP contribution in [0, 0.1) is 6.92 Å². The fraction of sp³-hybridized carbons (Fsp3) is 0.190. The molecule has 1 amide bonds. The van der Waals surface area contributed by atoms with Crippen LogP contribution in [0.4, 0.5) is 5.82 Å². The second-order valence-corrected chi connectivity index (χ2v) is 6.99. The normalized spacial score (nSPS) is 15.6. The lowest BCUT2D eigenvalue weighted by molar-refractivity contribution is -0.125. The van der Waals surface area contributed by atoms with Crippen molar-refractivity contribution >= 4 is 29.0 Å². The number of nitrogens with zero attached hydrogens (tertiary/aromatic N) is 3. The first-order chi connectivity index (χ1) is 14.0. The molecule has 0 saturated carbocycles. The third-order valence-electron chi connectivity index (χ3n) is 4.55. The summed E-state index contributed by atoms with van der Waals surface area (Å²) in [5.41, 5.74) is 2.99. The number of benzene rings is 2. The van der Waals surface area contributed by atoms with Crippen molar-refractivity contribution in [3.8, 4) is 11.4 Å². The fourth-order valence-electron chi connectivity index (χ4n) is 3.09. The maximum absolute atomic E-state index is 12.8. The summed E-state index contributed by atoms with van der Waals surface area (Å²) >= 11 is 6.22. The molecule has 148 valence electrons. The smallest absolute Gasteiger partial charge is 0.269 e. The first-order valence-corrected chi connectivity index (χ1v) is 9.42. The van der Waals surface area contributed by atoms with Crippen molar-refractivity contribution < 1.29 is 14.4 Å². The van der Waals surface area contributed by atoms with Crippen LogP contribution >= 0.6 is 11.6 Å². The van der Waals surface area contributed by atoms with Crippen LogP contribution in [0.1, 0.15) is 17.7 Å². The molecule has 0 saturated heterocycles.